The number of aliphatic hydroxyl groups excluding tert-OH is 1. The van der Waals surface area contributed by atoms with Crippen LogP contribution in [0.3, 0.4) is 0 Å². The van der Waals surface area contributed by atoms with E-state index >= 15 is 0 Å². The highest BCUT2D eigenvalue weighted by molar-refractivity contribution is 5.52. The van der Waals surface area contributed by atoms with E-state index in [4.69, 9.17) is 21.4 Å². The van der Waals surface area contributed by atoms with Crippen LogP contribution in [-0.2, 0) is 4.74 Å². The standard InChI is InChI=1S/C9H16N6O2/c10-9-12-7(14-11)3-8(13-9)15-1-2-17-6(4-15)5-16/h3,6,16H,1-2,4-5,11H2,(H3,10,12,13,14). The third-order valence-electron chi connectivity index (χ3n) is 2.54. The van der Waals surface area contributed by atoms with Crippen molar-refractivity contribution in [3.63, 3.8) is 0 Å². The van der Waals surface area contributed by atoms with Crippen LogP contribution in [0, 0.1) is 0 Å². The number of hydrogen-bond acceptors (Lipinski definition) is 8. The van der Waals surface area contributed by atoms with E-state index in [1.165, 1.54) is 0 Å². The highest BCUT2D eigenvalue weighted by Crippen LogP contribution is 2.18. The summed E-state index contributed by atoms with van der Waals surface area (Å²) in [5.41, 5.74) is 8.02. The first-order valence-corrected chi connectivity index (χ1v) is 5.31. The molecule has 1 aromatic rings. The van der Waals surface area contributed by atoms with Crippen LogP contribution in [0.5, 0.6) is 0 Å². The van der Waals surface area contributed by atoms with Gasteiger partial charge in [0.05, 0.1) is 19.3 Å². The molecule has 0 bridgehead atoms. The quantitative estimate of drug-likeness (QED) is 0.373. The first kappa shape index (κ1) is 11.8. The molecule has 8 heteroatoms. The van der Waals surface area contributed by atoms with Gasteiger partial charge in [-0.05, 0) is 0 Å². The van der Waals surface area contributed by atoms with Crippen LogP contribution in [0.25, 0.3) is 0 Å². The largest absolute Gasteiger partial charge is 0.394 e. The van der Waals surface area contributed by atoms with E-state index in [-0.39, 0.29) is 18.7 Å². The molecule has 6 N–H and O–H groups in total. The minimum atomic E-state index is -0.200. The van der Waals surface area contributed by atoms with E-state index in [1.54, 1.807) is 6.07 Å². The van der Waals surface area contributed by atoms with Crippen molar-refractivity contribution in [1.29, 1.82) is 0 Å². The second-order valence-corrected chi connectivity index (χ2v) is 3.74. The van der Waals surface area contributed by atoms with E-state index in [9.17, 15) is 0 Å². The Labute approximate surface area is 98.6 Å². The molecule has 0 radical (unpaired) electrons. The molecule has 1 unspecified atom stereocenters. The van der Waals surface area contributed by atoms with Gasteiger partial charge in [0.2, 0.25) is 5.95 Å². The molecule has 0 saturated carbocycles. The van der Waals surface area contributed by atoms with Crippen molar-refractivity contribution in [3.05, 3.63) is 6.07 Å². The van der Waals surface area contributed by atoms with Crippen molar-refractivity contribution in [2.75, 3.05) is 42.4 Å². The molecule has 0 aromatic carbocycles. The molecule has 2 heterocycles. The Hall–Kier alpha value is -1.64. The Balaban J connectivity index is 2.18. The Kier molecular flexibility index (Phi) is 3.57. The Bertz CT molecular complexity index is 388. The minimum absolute atomic E-state index is 0.0148. The van der Waals surface area contributed by atoms with Crippen LogP contribution in [0.15, 0.2) is 6.07 Å². The molecule has 1 aromatic heterocycles. The highest BCUT2D eigenvalue weighted by atomic mass is 16.5. The summed E-state index contributed by atoms with van der Waals surface area (Å²) in [6.45, 7) is 1.79. The molecule has 0 amide bonds. The minimum Gasteiger partial charge on any atom is -0.394 e. The summed E-state index contributed by atoms with van der Waals surface area (Å²) in [7, 11) is 0. The number of hydrazine groups is 1. The van der Waals surface area contributed by atoms with Gasteiger partial charge in [-0.1, -0.05) is 0 Å². The monoisotopic (exact) mass is 240 g/mol. The number of morpholine rings is 1. The summed E-state index contributed by atoms with van der Waals surface area (Å²) in [5, 5.41) is 9.07. The van der Waals surface area contributed by atoms with Gasteiger partial charge in [-0.3, -0.25) is 0 Å². The highest BCUT2D eigenvalue weighted by Gasteiger charge is 2.21. The molecule has 17 heavy (non-hydrogen) atoms. The number of ether oxygens (including phenoxy) is 1. The molecular formula is C9H16N6O2. The molecule has 0 spiro atoms. The lowest BCUT2D eigenvalue weighted by Gasteiger charge is -2.32. The van der Waals surface area contributed by atoms with Gasteiger partial charge < -0.3 is 25.9 Å². The topological polar surface area (TPSA) is 123 Å². The van der Waals surface area contributed by atoms with Crippen LogP contribution < -0.4 is 21.9 Å². The molecular weight excluding hydrogens is 224 g/mol. The molecule has 94 valence electrons. The van der Waals surface area contributed by atoms with E-state index in [2.05, 4.69) is 15.4 Å². The van der Waals surface area contributed by atoms with Crippen LogP contribution in [0.1, 0.15) is 0 Å². The summed E-state index contributed by atoms with van der Waals surface area (Å²) in [4.78, 5) is 10.0. The first-order chi connectivity index (χ1) is 8.22. The van der Waals surface area contributed by atoms with Crippen LogP contribution in [-0.4, -0.2) is 47.5 Å². The van der Waals surface area contributed by atoms with Gasteiger partial charge in [-0.2, -0.15) is 9.97 Å². The summed E-state index contributed by atoms with van der Waals surface area (Å²) >= 11 is 0. The summed E-state index contributed by atoms with van der Waals surface area (Å²) in [6.07, 6.45) is -0.200. The van der Waals surface area contributed by atoms with Crippen molar-refractivity contribution in [2.24, 2.45) is 5.84 Å². The number of nitrogens with zero attached hydrogens (tertiary/aromatic N) is 3. The third-order valence-corrected chi connectivity index (χ3v) is 2.54. The lowest BCUT2D eigenvalue weighted by atomic mass is 10.3. The zero-order valence-electron chi connectivity index (χ0n) is 9.33. The zero-order valence-corrected chi connectivity index (χ0v) is 9.33. The molecule has 1 saturated heterocycles. The number of nitrogens with two attached hydrogens (primary N) is 2. The van der Waals surface area contributed by atoms with Gasteiger partial charge in [0, 0.05) is 19.2 Å². The van der Waals surface area contributed by atoms with Crippen molar-refractivity contribution in [1.82, 2.24) is 9.97 Å². The number of rotatable bonds is 3. The van der Waals surface area contributed by atoms with Crippen LogP contribution in [0.4, 0.5) is 17.6 Å². The summed E-state index contributed by atoms with van der Waals surface area (Å²) in [5.74, 6) is 6.58. The molecule has 1 aliphatic heterocycles. The zero-order chi connectivity index (χ0) is 12.3. The van der Waals surface area contributed by atoms with Crippen LogP contribution in [0.2, 0.25) is 0 Å². The lowest BCUT2D eigenvalue weighted by Crippen LogP contribution is -2.44. The van der Waals surface area contributed by atoms with E-state index < -0.39 is 0 Å². The number of aromatic nitrogens is 2. The number of hydrogen-bond donors (Lipinski definition) is 4. The van der Waals surface area contributed by atoms with Gasteiger partial charge in [0.1, 0.15) is 11.6 Å². The van der Waals surface area contributed by atoms with E-state index in [0.717, 1.165) is 0 Å². The predicted octanol–water partition coefficient (Wildman–Crippen LogP) is -1.46. The van der Waals surface area contributed by atoms with E-state index in [0.29, 0.717) is 31.3 Å². The molecule has 8 nitrogen and oxygen atoms in total. The van der Waals surface area contributed by atoms with Gasteiger partial charge in [0.25, 0.3) is 0 Å². The smallest absolute Gasteiger partial charge is 0.223 e. The predicted molar refractivity (Wildman–Crippen MR) is 63.3 cm³/mol. The van der Waals surface area contributed by atoms with Crippen molar-refractivity contribution >= 4 is 17.6 Å². The SMILES string of the molecule is NNc1cc(N2CCOC(CO)C2)nc(N)n1. The van der Waals surface area contributed by atoms with Crippen LogP contribution >= 0.6 is 0 Å². The lowest BCUT2D eigenvalue weighted by molar-refractivity contribution is 0.00337. The average molecular weight is 240 g/mol. The second kappa shape index (κ2) is 5.13. The van der Waals surface area contributed by atoms with Crippen molar-refractivity contribution in [3.8, 4) is 0 Å². The Morgan fingerprint density at radius 1 is 1.59 bits per heavy atom. The van der Waals surface area contributed by atoms with Gasteiger partial charge in [0.15, 0.2) is 0 Å². The number of nitrogen functional groups attached to an aromatic ring is 2. The molecule has 1 atom stereocenters. The summed E-state index contributed by atoms with van der Waals surface area (Å²) in [6, 6.07) is 1.70. The Morgan fingerprint density at radius 2 is 2.41 bits per heavy atom. The normalized spacial score (nSPS) is 20.4. The molecule has 2 rings (SSSR count). The van der Waals surface area contributed by atoms with Crippen molar-refractivity contribution in [2.45, 2.75) is 6.10 Å². The molecule has 0 aliphatic carbocycles. The Morgan fingerprint density at radius 3 is 3.12 bits per heavy atom. The third kappa shape index (κ3) is 2.73. The number of nitrogens with one attached hydrogen (secondary N) is 1. The van der Waals surface area contributed by atoms with Crippen molar-refractivity contribution < 1.29 is 9.84 Å². The molecule has 1 aliphatic rings. The maximum absolute atomic E-state index is 9.07. The van der Waals surface area contributed by atoms with Gasteiger partial charge in [-0.15, -0.1) is 0 Å². The average Bonchev–Trinajstić information content (AvgIpc) is 2.38. The fourth-order valence-corrected chi connectivity index (χ4v) is 1.73. The maximum Gasteiger partial charge on any atom is 0.223 e. The fourth-order valence-electron chi connectivity index (χ4n) is 1.73. The number of anilines is 3. The summed E-state index contributed by atoms with van der Waals surface area (Å²) < 4.78 is 5.36. The van der Waals surface area contributed by atoms with E-state index in [1.807, 2.05) is 4.90 Å². The second-order valence-electron chi connectivity index (χ2n) is 3.74. The first-order valence-electron chi connectivity index (χ1n) is 5.31. The fraction of sp³-hybridized carbons (Fsp3) is 0.556. The van der Waals surface area contributed by atoms with Gasteiger partial charge >= 0.3 is 0 Å². The number of aliphatic hydroxyl groups is 1. The van der Waals surface area contributed by atoms with Gasteiger partial charge in [-0.25, -0.2) is 5.84 Å². The molecule has 1 fully saturated rings. The maximum atomic E-state index is 9.07.